The van der Waals surface area contributed by atoms with E-state index >= 15 is 0 Å². The number of fused-ring (bicyclic) bond motifs is 1. The molecule has 27 heavy (non-hydrogen) atoms. The molecule has 2 fully saturated rings. The topological polar surface area (TPSA) is 101 Å². The molecule has 2 saturated heterocycles. The lowest BCUT2D eigenvalue weighted by molar-refractivity contribution is -0.355. The van der Waals surface area contributed by atoms with Crippen molar-refractivity contribution < 1.29 is 49.8 Å². The number of hydrogen-bond acceptors (Lipinski definition) is 8. The van der Waals surface area contributed by atoms with E-state index < -0.39 is 52.6 Å². The zero-order valence-electron chi connectivity index (χ0n) is 13.9. The molecular weight excluding hydrogens is 397 g/mol. The predicted molar refractivity (Wildman–Crippen MR) is 81.5 cm³/mol. The van der Waals surface area contributed by atoms with Crippen LogP contribution in [-0.2, 0) is 33.2 Å². The van der Waals surface area contributed by atoms with Crippen LogP contribution in [0.15, 0.2) is 30.3 Å². The van der Waals surface area contributed by atoms with Gasteiger partial charge in [-0.05, 0) is 0 Å². The third-order valence-electron chi connectivity index (χ3n) is 4.13. The number of rotatable bonds is 4. The third-order valence-corrected chi connectivity index (χ3v) is 5.18. The Labute approximate surface area is 152 Å². The van der Waals surface area contributed by atoms with Gasteiger partial charge in [0, 0.05) is 12.7 Å². The van der Waals surface area contributed by atoms with Gasteiger partial charge in [0.2, 0.25) is 0 Å². The molecule has 6 atom stereocenters. The molecular formula is C15H17F3O8S. The van der Waals surface area contributed by atoms with Gasteiger partial charge in [-0.1, -0.05) is 30.3 Å². The first-order chi connectivity index (χ1) is 12.6. The molecule has 0 saturated carbocycles. The fraction of sp³-hybridized carbons (Fsp3) is 0.600. The van der Waals surface area contributed by atoms with Crippen LogP contribution in [0.3, 0.4) is 0 Å². The SMILES string of the molecule is CO[C@@H]1O[C@@H]2COC(c3ccccc3)O[C@H]2[C@H](OS(=O)(=O)C(F)(F)F)[C@H]1O. The monoisotopic (exact) mass is 414 g/mol. The van der Waals surface area contributed by atoms with Gasteiger partial charge in [-0.15, -0.1) is 0 Å². The second kappa shape index (κ2) is 7.62. The maximum Gasteiger partial charge on any atom is 0.523 e. The molecule has 2 heterocycles. The molecule has 0 aromatic heterocycles. The van der Waals surface area contributed by atoms with Gasteiger partial charge >= 0.3 is 15.6 Å². The van der Waals surface area contributed by atoms with Crippen molar-refractivity contribution in [2.24, 2.45) is 0 Å². The van der Waals surface area contributed by atoms with E-state index in [1.54, 1.807) is 30.3 Å². The summed E-state index contributed by atoms with van der Waals surface area (Å²) in [5.41, 5.74) is -5.11. The fourth-order valence-electron chi connectivity index (χ4n) is 2.85. The highest BCUT2D eigenvalue weighted by atomic mass is 32.2. The normalized spacial score (nSPS) is 34.9. The number of aliphatic hydroxyl groups excluding tert-OH is 1. The fourth-order valence-corrected chi connectivity index (χ4v) is 3.47. The van der Waals surface area contributed by atoms with Crippen LogP contribution in [0.1, 0.15) is 11.9 Å². The van der Waals surface area contributed by atoms with Crippen LogP contribution in [0.25, 0.3) is 0 Å². The van der Waals surface area contributed by atoms with Crippen molar-refractivity contribution in [2.45, 2.75) is 42.5 Å². The first kappa shape index (κ1) is 20.5. The molecule has 1 aromatic carbocycles. The zero-order chi connectivity index (χ0) is 19.8. The van der Waals surface area contributed by atoms with Crippen molar-refractivity contribution in [1.82, 2.24) is 0 Å². The molecule has 152 valence electrons. The Morgan fingerprint density at radius 3 is 2.44 bits per heavy atom. The highest BCUT2D eigenvalue weighted by Gasteiger charge is 2.56. The Morgan fingerprint density at radius 1 is 1.19 bits per heavy atom. The third kappa shape index (κ3) is 4.11. The van der Waals surface area contributed by atoms with E-state index in [4.69, 9.17) is 18.9 Å². The predicted octanol–water partition coefficient (Wildman–Crippen LogP) is 1.07. The summed E-state index contributed by atoms with van der Waals surface area (Å²) in [6.45, 7) is -0.136. The summed E-state index contributed by atoms with van der Waals surface area (Å²) in [6.07, 6.45) is -8.52. The van der Waals surface area contributed by atoms with E-state index in [-0.39, 0.29) is 6.61 Å². The molecule has 0 aliphatic carbocycles. The van der Waals surface area contributed by atoms with E-state index in [0.29, 0.717) is 5.56 Å². The van der Waals surface area contributed by atoms with E-state index in [0.717, 1.165) is 7.11 Å². The maximum atomic E-state index is 12.7. The van der Waals surface area contributed by atoms with Crippen molar-refractivity contribution in [3.63, 3.8) is 0 Å². The van der Waals surface area contributed by atoms with Crippen molar-refractivity contribution in [2.75, 3.05) is 13.7 Å². The van der Waals surface area contributed by atoms with Crippen LogP contribution >= 0.6 is 0 Å². The first-order valence-corrected chi connectivity index (χ1v) is 9.23. The quantitative estimate of drug-likeness (QED) is 0.577. The van der Waals surface area contributed by atoms with E-state index in [1.807, 2.05) is 0 Å². The number of alkyl halides is 3. The minimum absolute atomic E-state index is 0.136. The van der Waals surface area contributed by atoms with Crippen LogP contribution in [0.4, 0.5) is 13.2 Å². The second-order valence-electron chi connectivity index (χ2n) is 5.91. The van der Waals surface area contributed by atoms with Crippen LogP contribution in [0.5, 0.6) is 0 Å². The molecule has 1 unspecified atom stereocenters. The largest absolute Gasteiger partial charge is 0.523 e. The summed E-state index contributed by atoms with van der Waals surface area (Å²) < 4.78 is 86.8. The molecule has 1 N–H and O–H groups in total. The Balaban J connectivity index is 1.87. The molecule has 0 bridgehead atoms. The number of benzene rings is 1. The van der Waals surface area contributed by atoms with Gasteiger partial charge in [0.25, 0.3) is 0 Å². The van der Waals surface area contributed by atoms with Crippen molar-refractivity contribution in [3.8, 4) is 0 Å². The van der Waals surface area contributed by atoms with Crippen LogP contribution < -0.4 is 0 Å². The Kier molecular flexibility index (Phi) is 5.77. The summed E-state index contributed by atoms with van der Waals surface area (Å²) in [7, 11) is -4.85. The lowest BCUT2D eigenvalue weighted by atomic mass is 9.98. The zero-order valence-corrected chi connectivity index (χ0v) is 14.7. The summed E-state index contributed by atoms with van der Waals surface area (Å²) in [4.78, 5) is 0. The number of halogens is 3. The highest BCUT2D eigenvalue weighted by molar-refractivity contribution is 7.87. The molecule has 0 radical (unpaired) electrons. The number of aliphatic hydroxyl groups is 1. The minimum atomic E-state index is -5.99. The summed E-state index contributed by atoms with van der Waals surface area (Å²) >= 11 is 0. The Morgan fingerprint density at radius 2 is 1.85 bits per heavy atom. The molecule has 12 heteroatoms. The smallest absolute Gasteiger partial charge is 0.385 e. The molecule has 3 rings (SSSR count). The lowest BCUT2D eigenvalue weighted by Crippen LogP contribution is -2.63. The van der Waals surface area contributed by atoms with Crippen LogP contribution in [0.2, 0.25) is 0 Å². The maximum absolute atomic E-state index is 12.7. The average molecular weight is 414 g/mol. The van der Waals surface area contributed by atoms with Gasteiger partial charge in [0.15, 0.2) is 12.6 Å². The lowest BCUT2D eigenvalue weighted by Gasteiger charge is -2.46. The first-order valence-electron chi connectivity index (χ1n) is 7.82. The molecule has 2 aliphatic heterocycles. The summed E-state index contributed by atoms with van der Waals surface area (Å²) in [5, 5.41) is 10.2. The van der Waals surface area contributed by atoms with E-state index in [9.17, 15) is 26.7 Å². The van der Waals surface area contributed by atoms with E-state index in [2.05, 4.69) is 4.18 Å². The summed E-state index contributed by atoms with van der Waals surface area (Å²) in [6, 6.07) is 8.46. The number of ether oxygens (including phenoxy) is 4. The number of methoxy groups -OCH3 is 1. The molecule has 2 aliphatic rings. The van der Waals surface area contributed by atoms with Gasteiger partial charge in [0.1, 0.15) is 24.4 Å². The van der Waals surface area contributed by atoms with Crippen molar-refractivity contribution >= 4 is 10.1 Å². The van der Waals surface area contributed by atoms with Gasteiger partial charge in [0.05, 0.1) is 6.61 Å². The van der Waals surface area contributed by atoms with Crippen molar-refractivity contribution in [1.29, 1.82) is 0 Å². The van der Waals surface area contributed by atoms with Crippen molar-refractivity contribution in [3.05, 3.63) is 35.9 Å². The molecule has 8 nitrogen and oxygen atoms in total. The molecule has 0 spiro atoms. The summed E-state index contributed by atoms with van der Waals surface area (Å²) in [5.74, 6) is 0. The minimum Gasteiger partial charge on any atom is -0.385 e. The standard InChI is InChI=1S/C15H17F3O8S/c1-22-14-10(19)12(26-27(20,21)15(16,17)18)11-9(24-14)7-23-13(25-11)8-5-3-2-4-6-8/h2-6,9-14,19H,7H2,1H3/t9-,10-,11-,12-,13?,14-/m1/s1. The van der Waals surface area contributed by atoms with Crippen LogP contribution in [-0.4, -0.2) is 63.5 Å². The molecule has 0 amide bonds. The van der Waals surface area contributed by atoms with Crippen LogP contribution in [0, 0.1) is 0 Å². The highest BCUT2D eigenvalue weighted by Crippen LogP contribution is 2.37. The molecule has 1 aromatic rings. The second-order valence-corrected chi connectivity index (χ2v) is 7.47. The van der Waals surface area contributed by atoms with E-state index in [1.165, 1.54) is 0 Å². The Bertz CT molecular complexity index is 741. The average Bonchev–Trinajstić information content (AvgIpc) is 2.63. The number of hydrogen-bond donors (Lipinski definition) is 1. The Hall–Kier alpha value is -1.28. The van der Waals surface area contributed by atoms with Gasteiger partial charge in [-0.2, -0.15) is 21.6 Å². The van der Waals surface area contributed by atoms with Gasteiger partial charge < -0.3 is 24.1 Å². The van der Waals surface area contributed by atoms with Gasteiger partial charge in [-0.25, -0.2) is 0 Å². The van der Waals surface area contributed by atoms with Gasteiger partial charge in [-0.3, -0.25) is 4.18 Å².